The largest absolute Gasteiger partial charge is 0.389 e. The maximum atomic E-state index is 8.86. The van der Waals surface area contributed by atoms with Crippen molar-refractivity contribution >= 4 is 17.2 Å². The third-order valence-corrected chi connectivity index (χ3v) is 2.69. The van der Waals surface area contributed by atoms with Crippen LogP contribution >= 0.6 is 12.2 Å². The van der Waals surface area contributed by atoms with Crippen molar-refractivity contribution in [2.75, 3.05) is 0 Å². The molecule has 0 radical (unpaired) electrons. The molecular formula is C10H14N2S. The Balaban J connectivity index is 2.88. The third-order valence-electron chi connectivity index (χ3n) is 2.48. The SMILES string of the molecule is C[C@H]1CCC/C(=C(\C#N)C(N)=S)C1. The van der Waals surface area contributed by atoms with E-state index in [0.29, 0.717) is 11.5 Å². The molecule has 1 fully saturated rings. The molecule has 1 atom stereocenters. The molecule has 1 rings (SSSR count). The number of thiocarbonyl (C=S) groups is 1. The van der Waals surface area contributed by atoms with Gasteiger partial charge >= 0.3 is 0 Å². The van der Waals surface area contributed by atoms with E-state index in [-0.39, 0.29) is 4.99 Å². The van der Waals surface area contributed by atoms with Crippen molar-refractivity contribution in [2.45, 2.75) is 32.6 Å². The number of nitriles is 1. The molecule has 0 bridgehead atoms. The molecule has 0 unspecified atom stereocenters. The molecule has 0 saturated heterocycles. The van der Waals surface area contributed by atoms with Gasteiger partial charge in [0.15, 0.2) is 0 Å². The Bertz CT molecular complexity index is 286. The number of nitrogens with two attached hydrogens (primary N) is 1. The van der Waals surface area contributed by atoms with Gasteiger partial charge in [0.05, 0.1) is 5.57 Å². The van der Waals surface area contributed by atoms with Crippen LogP contribution in [-0.4, -0.2) is 4.99 Å². The van der Waals surface area contributed by atoms with Gasteiger partial charge in [-0.15, -0.1) is 0 Å². The van der Waals surface area contributed by atoms with E-state index < -0.39 is 0 Å². The molecule has 13 heavy (non-hydrogen) atoms. The second-order valence-corrected chi connectivity index (χ2v) is 4.10. The van der Waals surface area contributed by atoms with Gasteiger partial charge in [-0.25, -0.2) is 0 Å². The zero-order chi connectivity index (χ0) is 9.84. The highest BCUT2D eigenvalue weighted by molar-refractivity contribution is 7.80. The molecule has 0 aromatic carbocycles. The summed E-state index contributed by atoms with van der Waals surface area (Å²) in [5.74, 6) is 0.668. The maximum absolute atomic E-state index is 8.86. The molecular weight excluding hydrogens is 180 g/mol. The smallest absolute Gasteiger partial charge is 0.114 e. The van der Waals surface area contributed by atoms with Crippen molar-refractivity contribution in [1.29, 1.82) is 5.26 Å². The number of nitrogens with zero attached hydrogens (tertiary/aromatic N) is 1. The number of allylic oxidation sites excluding steroid dienone is 1. The van der Waals surface area contributed by atoms with E-state index in [2.05, 4.69) is 13.0 Å². The molecule has 0 spiro atoms. The monoisotopic (exact) mass is 194 g/mol. The van der Waals surface area contributed by atoms with Crippen LogP contribution in [-0.2, 0) is 0 Å². The minimum absolute atomic E-state index is 0.256. The highest BCUT2D eigenvalue weighted by Crippen LogP contribution is 2.29. The molecule has 1 aliphatic carbocycles. The summed E-state index contributed by atoms with van der Waals surface area (Å²) < 4.78 is 0. The van der Waals surface area contributed by atoms with Gasteiger partial charge in [0.2, 0.25) is 0 Å². The Hall–Kier alpha value is -0.880. The standard InChI is InChI=1S/C10H14N2S/c1-7-3-2-4-8(5-7)9(6-11)10(12)13/h7H,2-5H2,1H3,(H2,12,13)/b9-8-/t7-/m0/s1. The van der Waals surface area contributed by atoms with Gasteiger partial charge in [0.1, 0.15) is 11.1 Å². The molecule has 1 saturated carbocycles. The summed E-state index contributed by atoms with van der Waals surface area (Å²) in [6, 6.07) is 2.11. The van der Waals surface area contributed by atoms with Gasteiger partial charge in [-0.2, -0.15) is 5.26 Å². The Morgan fingerprint density at radius 2 is 2.38 bits per heavy atom. The van der Waals surface area contributed by atoms with Crippen LogP contribution in [0.5, 0.6) is 0 Å². The highest BCUT2D eigenvalue weighted by atomic mass is 32.1. The average Bonchev–Trinajstić information content (AvgIpc) is 2.04. The lowest BCUT2D eigenvalue weighted by Crippen LogP contribution is -2.15. The average molecular weight is 194 g/mol. The highest BCUT2D eigenvalue weighted by Gasteiger charge is 2.17. The van der Waals surface area contributed by atoms with E-state index >= 15 is 0 Å². The first-order valence-corrected chi connectivity index (χ1v) is 4.98. The van der Waals surface area contributed by atoms with Gasteiger partial charge in [-0.3, -0.25) is 0 Å². The first-order chi connectivity index (χ1) is 6.15. The molecule has 1 aliphatic rings. The summed E-state index contributed by atoms with van der Waals surface area (Å²) in [6.07, 6.45) is 4.38. The first kappa shape index (κ1) is 10.2. The van der Waals surface area contributed by atoms with Crippen LogP contribution in [0.25, 0.3) is 0 Å². The van der Waals surface area contributed by atoms with Crippen molar-refractivity contribution in [3.63, 3.8) is 0 Å². The molecule has 0 amide bonds. The van der Waals surface area contributed by atoms with Crippen LogP contribution < -0.4 is 5.73 Å². The predicted molar refractivity (Wildman–Crippen MR) is 57.1 cm³/mol. The zero-order valence-electron chi connectivity index (χ0n) is 7.84. The van der Waals surface area contributed by atoms with Crippen molar-refractivity contribution in [2.24, 2.45) is 11.7 Å². The second-order valence-electron chi connectivity index (χ2n) is 3.66. The fraction of sp³-hybridized carbons (Fsp3) is 0.600. The van der Waals surface area contributed by atoms with Crippen molar-refractivity contribution < 1.29 is 0 Å². The van der Waals surface area contributed by atoms with Crippen LogP contribution in [0.2, 0.25) is 0 Å². The van der Waals surface area contributed by atoms with Crippen molar-refractivity contribution in [3.8, 4) is 6.07 Å². The Morgan fingerprint density at radius 3 is 2.85 bits per heavy atom. The molecule has 3 heteroatoms. The molecule has 0 aliphatic heterocycles. The normalized spacial score (nSPS) is 26.3. The van der Waals surface area contributed by atoms with Gasteiger partial charge in [0.25, 0.3) is 0 Å². The Labute approximate surface area is 84.4 Å². The van der Waals surface area contributed by atoms with Crippen LogP contribution in [0.4, 0.5) is 0 Å². The fourth-order valence-corrected chi connectivity index (χ4v) is 2.01. The molecule has 0 heterocycles. The molecule has 0 aromatic heterocycles. The van der Waals surface area contributed by atoms with Crippen molar-refractivity contribution in [1.82, 2.24) is 0 Å². The second kappa shape index (κ2) is 4.38. The predicted octanol–water partition coefficient (Wildman–Crippen LogP) is 2.30. The fourth-order valence-electron chi connectivity index (χ4n) is 1.82. The zero-order valence-corrected chi connectivity index (χ0v) is 8.66. The molecule has 2 N–H and O–H groups in total. The number of rotatable bonds is 1. The summed E-state index contributed by atoms with van der Waals surface area (Å²) >= 11 is 4.83. The number of hydrogen-bond acceptors (Lipinski definition) is 2. The van der Waals surface area contributed by atoms with Gasteiger partial charge in [-0.05, 0) is 30.8 Å². The lowest BCUT2D eigenvalue weighted by molar-refractivity contribution is 0.452. The number of hydrogen-bond donors (Lipinski definition) is 1. The third kappa shape index (κ3) is 2.53. The van der Waals surface area contributed by atoms with Gasteiger partial charge in [-0.1, -0.05) is 25.6 Å². The van der Waals surface area contributed by atoms with Gasteiger partial charge in [0, 0.05) is 0 Å². The Morgan fingerprint density at radius 1 is 1.69 bits per heavy atom. The van der Waals surface area contributed by atoms with E-state index in [1.54, 1.807) is 0 Å². The van der Waals surface area contributed by atoms with E-state index in [0.717, 1.165) is 24.8 Å². The molecule has 70 valence electrons. The van der Waals surface area contributed by atoms with Crippen molar-refractivity contribution in [3.05, 3.63) is 11.1 Å². The first-order valence-electron chi connectivity index (χ1n) is 4.57. The summed E-state index contributed by atoms with van der Waals surface area (Å²) in [5.41, 5.74) is 7.19. The van der Waals surface area contributed by atoms with E-state index in [4.69, 9.17) is 23.2 Å². The maximum Gasteiger partial charge on any atom is 0.114 e. The quantitative estimate of drug-likeness (QED) is 0.396. The van der Waals surface area contributed by atoms with Crippen LogP contribution in [0, 0.1) is 17.2 Å². The Kier molecular flexibility index (Phi) is 3.44. The topological polar surface area (TPSA) is 49.8 Å². The van der Waals surface area contributed by atoms with E-state index in [9.17, 15) is 0 Å². The summed E-state index contributed by atoms with van der Waals surface area (Å²) in [4.78, 5) is 0.256. The van der Waals surface area contributed by atoms with Gasteiger partial charge < -0.3 is 5.73 Å². The minimum Gasteiger partial charge on any atom is -0.389 e. The lowest BCUT2D eigenvalue weighted by Gasteiger charge is -2.21. The molecule has 0 aromatic rings. The summed E-state index contributed by atoms with van der Waals surface area (Å²) in [5, 5.41) is 8.86. The van der Waals surface area contributed by atoms with E-state index in [1.165, 1.54) is 6.42 Å². The van der Waals surface area contributed by atoms with Crippen LogP contribution in [0.1, 0.15) is 32.6 Å². The van der Waals surface area contributed by atoms with Crippen LogP contribution in [0.15, 0.2) is 11.1 Å². The summed E-state index contributed by atoms with van der Waals surface area (Å²) in [7, 11) is 0. The minimum atomic E-state index is 0.256. The van der Waals surface area contributed by atoms with Crippen LogP contribution in [0.3, 0.4) is 0 Å². The lowest BCUT2D eigenvalue weighted by atomic mass is 9.84. The van der Waals surface area contributed by atoms with E-state index in [1.807, 2.05) is 0 Å². The molecule has 2 nitrogen and oxygen atoms in total. The summed E-state index contributed by atoms with van der Waals surface area (Å²) in [6.45, 7) is 2.20.